The van der Waals surface area contributed by atoms with Crippen molar-refractivity contribution in [1.29, 1.82) is 0 Å². The van der Waals surface area contributed by atoms with Gasteiger partial charge in [-0.3, -0.25) is 19.9 Å². The Labute approximate surface area is 154 Å². The average Bonchev–Trinajstić information content (AvgIpc) is 3.18. The van der Waals surface area contributed by atoms with Gasteiger partial charge in [0.05, 0.1) is 29.4 Å². The van der Waals surface area contributed by atoms with Crippen LogP contribution < -0.4 is 9.80 Å². The molecule has 8 heteroatoms. The molecule has 25 heavy (non-hydrogen) atoms. The molecule has 2 aromatic carbocycles. The van der Waals surface area contributed by atoms with Crippen molar-refractivity contribution in [2.75, 3.05) is 29.4 Å². The number of non-ortho nitro benzene ring substituents is 1. The molecule has 2 heterocycles. The molecule has 0 aliphatic carbocycles. The van der Waals surface area contributed by atoms with E-state index in [1.807, 2.05) is 29.2 Å². The van der Waals surface area contributed by atoms with E-state index in [4.69, 9.17) is 0 Å². The number of para-hydroxylation sites is 2. The fourth-order valence-corrected chi connectivity index (χ4v) is 3.08. The summed E-state index contributed by atoms with van der Waals surface area (Å²) in [6, 6.07) is 13.6. The van der Waals surface area contributed by atoms with Crippen LogP contribution in [-0.2, 0) is 0 Å². The van der Waals surface area contributed by atoms with Gasteiger partial charge in [-0.25, -0.2) is 0 Å². The normalized spacial score (nSPS) is 14.5. The number of benzene rings is 2. The number of nitrogens with zero attached hydrogens (tertiary/aromatic N) is 4. The van der Waals surface area contributed by atoms with Crippen molar-refractivity contribution in [3.8, 4) is 0 Å². The number of aliphatic imine (C=N–C) groups is 1. The average molecular weight is 403 g/mol. The lowest BCUT2D eigenvalue weighted by molar-refractivity contribution is -0.384. The van der Waals surface area contributed by atoms with Crippen LogP contribution in [-0.4, -0.2) is 36.3 Å². The molecule has 0 bridgehead atoms. The molecule has 0 radical (unpaired) electrons. The molecule has 2 aromatic rings. The van der Waals surface area contributed by atoms with Crippen molar-refractivity contribution in [3.63, 3.8) is 0 Å². The van der Waals surface area contributed by atoms with Gasteiger partial charge in [0, 0.05) is 24.2 Å². The lowest BCUT2D eigenvalue weighted by atomic mass is 10.1. The summed E-state index contributed by atoms with van der Waals surface area (Å²) in [5.74, 6) is 0.697. The molecule has 0 unspecified atom stereocenters. The summed E-state index contributed by atoms with van der Waals surface area (Å²) in [4.78, 5) is 31.4. The molecule has 0 spiro atoms. The molecule has 4 rings (SSSR count). The minimum Gasteiger partial charge on any atom is -0.308 e. The molecule has 7 nitrogen and oxygen atoms in total. The number of rotatable bonds is 4. The first-order valence-corrected chi connectivity index (χ1v) is 7.61. The first kappa shape index (κ1) is 17.1. The summed E-state index contributed by atoms with van der Waals surface area (Å²) < 4.78 is 0. The first-order chi connectivity index (χ1) is 11.6. The molecule has 2 aliphatic rings. The van der Waals surface area contributed by atoms with Crippen LogP contribution in [0, 0.1) is 10.1 Å². The molecule has 0 aromatic heterocycles. The highest BCUT2D eigenvalue weighted by atomic mass is 79.9. The van der Waals surface area contributed by atoms with Crippen LogP contribution in [0.1, 0.15) is 10.4 Å². The molecule has 0 saturated heterocycles. The molecular formula is C17H15BrN4O3. The van der Waals surface area contributed by atoms with Gasteiger partial charge in [-0.15, -0.1) is 17.0 Å². The fraction of sp³-hybridized carbons (Fsp3) is 0.176. The summed E-state index contributed by atoms with van der Waals surface area (Å²) in [5, 5.41) is 10.7. The third kappa shape index (κ3) is 2.89. The van der Waals surface area contributed by atoms with Crippen molar-refractivity contribution >= 4 is 45.8 Å². The van der Waals surface area contributed by atoms with Crippen LogP contribution in [0.25, 0.3) is 0 Å². The van der Waals surface area contributed by atoms with Crippen LogP contribution in [0.4, 0.5) is 17.1 Å². The van der Waals surface area contributed by atoms with Gasteiger partial charge in [-0.2, -0.15) is 0 Å². The number of halogens is 1. The van der Waals surface area contributed by atoms with Crippen LogP contribution in [0.3, 0.4) is 0 Å². The second kappa shape index (κ2) is 6.64. The number of Topliss-reactive ketones (excluding diaryl/α,β-unsaturated/α-hetero) is 1. The Hall–Kier alpha value is -2.74. The molecule has 0 fully saturated rings. The van der Waals surface area contributed by atoms with Gasteiger partial charge < -0.3 is 9.80 Å². The van der Waals surface area contributed by atoms with E-state index in [-0.39, 0.29) is 35.0 Å². The van der Waals surface area contributed by atoms with E-state index < -0.39 is 4.92 Å². The van der Waals surface area contributed by atoms with E-state index in [9.17, 15) is 14.9 Å². The molecule has 2 aliphatic heterocycles. The number of anilines is 2. The minimum atomic E-state index is -0.476. The summed E-state index contributed by atoms with van der Waals surface area (Å²) in [5.41, 5.74) is 2.45. The third-order valence-electron chi connectivity index (χ3n) is 4.22. The lowest BCUT2D eigenvalue weighted by Crippen LogP contribution is -2.38. The minimum absolute atomic E-state index is 0. The zero-order valence-electron chi connectivity index (χ0n) is 13.2. The Morgan fingerprint density at radius 2 is 1.80 bits per heavy atom. The quantitative estimate of drug-likeness (QED) is 0.446. The fourth-order valence-electron chi connectivity index (χ4n) is 3.08. The summed E-state index contributed by atoms with van der Waals surface area (Å²) in [7, 11) is 0. The van der Waals surface area contributed by atoms with Crippen molar-refractivity contribution in [2.24, 2.45) is 4.99 Å². The molecule has 0 saturated carbocycles. The van der Waals surface area contributed by atoms with Gasteiger partial charge in [0.25, 0.3) is 5.69 Å². The van der Waals surface area contributed by atoms with E-state index in [1.54, 1.807) is 0 Å². The Morgan fingerprint density at radius 3 is 2.48 bits per heavy atom. The SMILES string of the molecule is Br.O=C(CN1C2=NCCN2c2ccccc21)c1ccc([N+](=O)[O-])cc1. The monoisotopic (exact) mass is 402 g/mol. The zero-order chi connectivity index (χ0) is 16.7. The maximum absolute atomic E-state index is 12.6. The van der Waals surface area contributed by atoms with Crippen molar-refractivity contribution in [3.05, 3.63) is 64.2 Å². The van der Waals surface area contributed by atoms with E-state index in [2.05, 4.69) is 9.89 Å². The van der Waals surface area contributed by atoms with Crippen molar-refractivity contribution < 1.29 is 9.72 Å². The number of hydrogen-bond acceptors (Lipinski definition) is 6. The van der Waals surface area contributed by atoms with Crippen LogP contribution >= 0.6 is 17.0 Å². The predicted molar refractivity (Wildman–Crippen MR) is 101 cm³/mol. The topological polar surface area (TPSA) is 79.0 Å². The van der Waals surface area contributed by atoms with Crippen LogP contribution in [0.2, 0.25) is 0 Å². The number of nitro benzene ring substituents is 1. The molecule has 128 valence electrons. The number of hydrogen-bond donors (Lipinski definition) is 0. The highest BCUT2D eigenvalue weighted by Crippen LogP contribution is 2.38. The van der Waals surface area contributed by atoms with Gasteiger partial charge in [0.1, 0.15) is 0 Å². The largest absolute Gasteiger partial charge is 0.308 e. The van der Waals surface area contributed by atoms with Gasteiger partial charge in [0.15, 0.2) is 5.78 Å². The predicted octanol–water partition coefficient (Wildman–Crippen LogP) is 3.05. The second-order valence-corrected chi connectivity index (χ2v) is 5.64. The number of fused-ring (bicyclic) bond motifs is 3. The van der Waals surface area contributed by atoms with Crippen LogP contribution in [0.15, 0.2) is 53.5 Å². The second-order valence-electron chi connectivity index (χ2n) is 5.64. The summed E-state index contributed by atoms with van der Waals surface area (Å²) in [6.45, 7) is 1.69. The first-order valence-electron chi connectivity index (χ1n) is 7.61. The summed E-state index contributed by atoms with van der Waals surface area (Å²) in [6.07, 6.45) is 0. The Morgan fingerprint density at radius 1 is 1.12 bits per heavy atom. The molecular weight excluding hydrogens is 388 g/mol. The van der Waals surface area contributed by atoms with Gasteiger partial charge in [-0.1, -0.05) is 12.1 Å². The van der Waals surface area contributed by atoms with Crippen molar-refractivity contribution in [1.82, 2.24) is 0 Å². The number of nitro groups is 1. The van der Waals surface area contributed by atoms with Crippen LogP contribution in [0.5, 0.6) is 0 Å². The lowest BCUT2D eigenvalue weighted by Gasteiger charge is -2.18. The molecule has 0 amide bonds. The maximum atomic E-state index is 12.6. The number of ketones is 1. The highest BCUT2D eigenvalue weighted by Gasteiger charge is 2.35. The van der Waals surface area contributed by atoms with Crippen molar-refractivity contribution in [2.45, 2.75) is 0 Å². The van der Waals surface area contributed by atoms with Gasteiger partial charge in [-0.05, 0) is 24.3 Å². The highest BCUT2D eigenvalue weighted by molar-refractivity contribution is 8.93. The number of guanidine groups is 1. The standard InChI is InChI=1S/C17H14N4O3.BrH/c22-16(12-5-7-13(8-6-12)21(23)24)11-20-15-4-2-1-3-14(15)19-10-9-18-17(19)20;/h1-8H,9-11H2;1H. The zero-order valence-corrected chi connectivity index (χ0v) is 14.9. The van der Waals surface area contributed by atoms with E-state index in [0.717, 1.165) is 23.9 Å². The smallest absolute Gasteiger partial charge is 0.269 e. The van der Waals surface area contributed by atoms with E-state index >= 15 is 0 Å². The van der Waals surface area contributed by atoms with E-state index in [1.165, 1.54) is 24.3 Å². The third-order valence-corrected chi connectivity index (χ3v) is 4.22. The Kier molecular flexibility index (Phi) is 4.54. The Bertz CT molecular complexity index is 866. The number of carbonyl (C=O) groups excluding carboxylic acids is 1. The Balaban J connectivity index is 0.00000182. The summed E-state index contributed by atoms with van der Waals surface area (Å²) >= 11 is 0. The molecule has 0 atom stereocenters. The number of carbonyl (C=O) groups is 1. The van der Waals surface area contributed by atoms with Gasteiger partial charge in [0.2, 0.25) is 5.96 Å². The maximum Gasteiger partial charge on any atom is 0.269 e. The van der Waals surface area contributed by atoms with E-state index in [0.29, 0.717) is 12.1 Å². The van der Waals surface area contributed by atoms with Gasteiger partial charge >= 0.3 is 0 Å². The molecule has 0 N–H and O–H groups in total.